The molecule has 0 unspecified atom stereocenters. The number of aromatic nitrogens is 2. The summed E-state index contributed by atoms with van der Waals surface area (Å²) in [5, 5.41) is 3.00. The van der Waals surface area contributed by atoms with Crippen LogP contribution < -0.4 is 16.6 Å². The third kappa shape index (κ3) is 4.30. The zero-order valence-corrected chi connectivity index (χ0v) is 16.8. The highest BCUT2D eigenvalue weighted by atomic mass is 19.1. The number of nitrogens with one attached hydrogen (secondary N) is 1. The fraction of sp³-hybridized carbons (Fsp3) is 0.125. The molecule has 0 saturated carbocycles. The Bertz CT molecular complexity index is 1370. The van der Waals surface area contributed by atoms with Crippen LogP contribution in [0.25, 0.3) is 10.9 Å². The number of benzene rings is 3. The van der Waals surface area contributed by atoms with Crippen LogP contribution in [-0.2, 0) is 17.9 Å². The summed E-state index contributed by atoms with van der Waals surface area (Å²) in [6.45, 7) is 1.77. The molecule has 0 atom stereocenters. The first-order valence-electron chi connectivity index (χ1n) is 9.76. The molecule has 1 N–H and O–H groups in total. The van der Waals surface area contributed by atoms with Gasteiger partial charge in [0.2, 0.25) is 5.91 Å². The molecule has 0 aliphatic carbocycles. The van der Waals surface area contributed by atoms with Gasteiger partial charge in [-0.3, -0.25) is 18.7 Å². The summed E-state index contributed by atoms with van der Waals surface area (Å²) in [5.74, 6) is -0.872. The number of hydrogen-bond acceptors (Lipinski definition) is 3. The molecule has 4 rings (SSSR count). The van der Waals surface area contributed by atoms with Crippen LogP contribution in [0.4, 0.5) is 10.1 Å². The van der Waals surface area contributed by atoms with Crippen LogP contribution in [0.1, 0.15) is 11.1 Å². The van der Waals surface area contributed by atoms with Crippen LogP contribution in [0, 0.1) is 12.7 Å². The Kier molecular flexibility index (Phi) is 5.49. The van der Waals surface area contributed by atoms with E-state index in [4.69, 9.17) is 0 Å². The highest BCUT2D eigenvalue weighted by Gasteiger charge is 2.15. The van der Waals surface area contributed by atoms with E-state index in [9.17, 15) is 18.8 Å². The number of aryl methyl sites for hydroxylation is 1. The summed E-state index contributed by atoms with van der Waals surface area (Å²) in [5.41, 5.74) is 1.70. The standard InChI is InChI=1S/C24H20FN3O3/c1-16-6-8-17(9-7-16)14-28-23(30)20-4-2-3-5-21(20)27(24(28)31)15-22(29)26-19-12-10-18(25)11-13-19/h2-13H,14-15H2,1H3,(H,26,29). The van der Waals surface area contributed by atoms with E-state index in [1.54, 1.807) is 24.3 Å². The van der Waals surface area contributed by atoms with Crippen molar-refractivity contribution in [2.24, 2.45) is 0 Å². The number of fused-ring (bicyclic) bond motifs is 1. The fourth-order valence-electron chi connectivity index (χ4n) is 3.42. The Hall–Kier alpha value is -4.00. The Morgan fingerprint density at radius 2 is 1.58 bits per heavy atom. The van der Waals surface area contributed by atoms with Gasteiger partial charge in [-0.25, -0.2) is 9.18 Å². The largest absolute Gasteiger partial charge is 0.332 e. The molecule has 1 heterocycles. The molecule has 0 radical (unpaired) electrons. The first kappa shape index (κ1) is 20.3. The van der Waals surface area contributed by atoms with E-state index in [1.165, 1.54) is 28.8 Å². The SMILES string of the molecule is Cc1ccc(Cn2c(=O)c3ccccc3n(CC(=O)Nc3ccc(F)cc3)c2=O)cc1. The van der Waals surface area contributed by atoms with Gasteiger partial charge < -0.3 is 5.32 Å². The van der Waals surface area contributed by atoms with Crippen molar-refractivity contribution in [1.82, 2.24) is 9.13 Å². The van der Waals surface area contributed by atoms with Crippen molar-refractivity contribution >= 4 is 22.5 Å². The second kappa shape index (κ2) is 8.39. The van der Waals surface area contributed by atoms with Gasteiger partial charge >= 0.3 is 5.69 Å². The van der Waals surface area contributed by atoms with E-state index in [0.29, 0.717) is 16.6 Å². The minimum atomic E-state index is -0.571. The Morgan fingerprint density at radius 1 is 0.903 bits per heavy atom. The van der Waals surface area contributed by atoms with Crippen molar-refractivity contribution < 1.29 is 9.18 Å². The average molecular weight is 417 g/mol. The van der Waals surface area contributed by atoms with Gasteiger partial charge in [0, 0.05) is 5.69 Å². The van der Waals surface area contributed by atoms with Crippen LogP contribution in [0.2, 0.25) is 0 Å². The molecule has 7 heteroatoms. The molecule has 1 aromatic heterocycles. The topological polar surface area (TPSA) is 73.1 Å². The van der Waals surface area contributed by atoms with E-state index in [0.717, 1.165) is 15.7 Å². The summed E-state index contributed by atoms with van der Waals surface area (Å²) in [4.78, 5) is 38.8. The number of halogens is 1. The molecule has 31 heavy (non-hydrogen) atoms. The summed E-state index contributed by atoms with van der Waals surface area (Å²) < 4.78 is 15.5. The second-order valence-electron chi connectivity index (χ2n) is 7.32. The third-order valence-electron chi connectivity index (χ3n) is 5.02. The third-order valence-corrected chi connectivity index (χ3v) is 5.02. The molecule has 156 valence electrons. The normalized spacial score (nSPS) is 10.9. The van der Waals surface area contributed by atoms with Crippen molar-refractivity contribution in [3.63, 3.8) is 0 Å². The summed E-state index contributed by atoms with van der Waals surface area (Å²) >= 11 is 0. The maximum atomic E-state index is 13.2. The smallest absolute Gasteiger partial charge is 0.325 e. The molecule has 0 bridgehead atoms. The number of carbonyl (C=O) groups is 1. The van der Waals surface area contributed by atoms with Gasteiger partial charge in [0.15, 0.2) is 0 Å². The average Bonchev–Trinajstić information content (AvgIpc) is 2.77. The van der Waals surface area contributed by atoms with Gasteiger partial charge in [-0.2, -0.15) is 0 Å². The first-order valence-corrected chi connectivity index (χ1v) is 9.76. The maximum Gasteiger partial charge on any atom is 0.332 e. The number of rotatable bonds is 5. The van der Waals surface area contributed by atoms with E-state index in [-0.39, 0.29) is 13.1 Å². The molecule has 0 spiro atoms. The van der Waals surface area contributed by atoms with Crippen LogP contribution >= 0.6 is 0 Å². The molecule has 6 nitrogen and oxygen atoms in total. The quantitative estimate of drug-likeness (QED) is 0.542. The van der Waals surface area contributed by atoms with Gasteiger partial charge in [-0.15, -0.1) is 0 Å². The predicted molar refractivity (Wildman–Crippen MR) is 118 cm³/mol. The fourth-order valence-corrected chi connectivity index (χ4v) is 3.42. The Morgan fingerprint density at radius 3 is 2.29 bits per heavy atom. The minimum absolute atomic E-state index is 0.0996. The predicted octanol–water partition coefficient (Wildman–Crippen LogP) is 3.30. The number of nitrogens with zero attached hydrogens (tertiary/aromatic N) is 2. The van der Waals surface area contributed by atoms with Gasteiger partial charge in [0.05, 0.1) is 17.4 Å². The van der Waals surface area contributed by atoms with Gasteiger partial charge in [0.25, 0.3) is 5.56 Å². The molecule has 0 saturated heterocycles. The molecular weight excluding hydrogens is 397 g/mol. The molecule has 1 amide bonds. The molecule has 0 aliphatic heterocycles. The summed E-state index contributed by atoms with van der Waals surface area (Å²) in [7, 11) is 0. The monoisotopic (exact) mass is 417 g/mol. The lowest BCUT2D eigenvalue weighted by atomic mass is 10.1. The Labute approximate surface area is 177 Å². The molecule has 0 aliphatic rings. The van der Waals surface area contributed by atoms with Crippen molar-refractivity contribution in [2.75, 3.05) is 5.32 Å². The van der Waals surface area contributed by atoms with Crippen LogP contribution in [0.15, 0.2) is 82.4 Å². The van der Waals surface area contributed by atoms with E-state index >= 15 is 0 Å². The lowest BCUT2D eigenvalue weighted by Crippen LogP contribution is -2.42. The number of anilines is 1. The van der Waals surface area contributed by atoms with Crippen molar-refractivity contribution in [2.45, 2.75) is 20.0 Å². The highest BCUT2D eigenvalue weighted by Crippen LogP contribution is 2.11. The van der Waals surface area contributed by atoms with Crippen LogP contribution in [-0.4, -0.2) is 15.0 Å². The molecular formula is C24H20FN3O3. The number of carbonyl (C=O) groups excluding carboxylic acids is 1. The summed E-state index contributed by atoms with van der Waals surface area (Å²) in [6, 6.07) is 19.6. The van der Waals surface area contributed by atoms with Gasteiger partial charge in [-0.05, 0) is 48.9 Å². The summed E-state index contributed by atoms with van der Waals surface area (Å²) in [6.07, 6.45) is 0. The number of para-hydroxylation sites is 1. The van der Waals surface area contributed by atoms with E-state index in [2.05, 4.69) is 5.32 Å². The second-order valence-corrected chi connectivity index (χ2v) is 7.32. The van der Waals surface area contributed by atoms with Crippen molar-refractivity contribution in [3.8, 4) is 0 Å². The van der Waals surface area contributed by atoms with Crippen LogP contribution in [0.3, 0.4) is 0 Å². The molecule has 4 aromatic rings. The van der Waals surface area contributed by atoms with E-state index in [1.807, 2.05) is 31.2 Å². The molecule has 0 fully saturated rings. The highest BCUT2D eigenvalue weighted by molar-refractivity contribution is 5.91. The zero-order chi connectivity index (χ0) is 22.0. The minimum Gasteiger partial charge on any atom is -0.325 e. The van der Waals surface area contributed by atoms with Gasteiger partial charge in [0.1, 0.15) is 12.4 Å². The van der Waals surface area contributed by atoms with Crippen molar-refractivity contribution in [3.05, 3.63) is 111 Å². The zero-order valence-electron chi connectivity index (χ0n) is 16.8. The number of amides is 1. The maximum absolute atomic E-state index is 13.2. The van der Waals surface area contributed by atoms with Crippen molar-refractivity contribution in [1.29, 1.82) is 0 Å². The Balaban J connectivity index is 1.74. The van der Waals surface area contributed by atoms with Gasteiger partial charge in [-0.1, -0.05) is 42.0 Å². The van der Waals surface area contributed by atoms with Crippen LogP contribution in [0.5, 0.6) is 0 Å². The van der Waals surface area contributed by atoms with E-state index < -0.39 is 23.0 Å². The first-order chi connectivity index (χ1) is 14.9. The number of hydrogen-bond donors (Lipinski definition) is 1. The lowest BCUT2D eigenvalue weighted by molar-refractivity contribution is -0.116. The lowest BCUT2D eigenvalue weighted by Gasteiger charge is -2.14. The molecule has 3 aromatic carbocycles.